The maximum absolute atomic E-state index is 12.7. The van der Waals surface area contributed by atoms with Gasteiger partial charge in [-0.05, 0) is 48.9 Å². The van der Waals surface area contributed by atoms with Crippen LogP contribution < -0.4 is 10.1 Å². The number of halogens is 3. The molecule has 0 atom stereocenters. The summed E-state index contributed by atoms with van der Waals surface area (Å²) in [7, 11) is 0. The summed E-state index contributed by atoms with van der Waals surface area (Å²) in [6, 6.07) is 17.2. The minimum Gasteiger partial charge on any atom is -0.493 e. The summed E-state index contributed by atoms with van der Waals surface area (Å²) < 4.78 is 43.8. The number of nitrogens with one attached hydrogen (secondary N) is 1. The van der Waals surface area contributed by atoms with Gasteiger partial charge < -0.3 is 20.0 Å². The van der Waals surface area contributed by atoms with Crippen LogP contribution in [0.25, 0.3) is 0 Å². The van der Waals surface area contributed by atoms with Crippen molar-refractivity contribution in [2.24, 2.45) is 5.16 Å². The molecule has 0 saturated carbocycles. The Kier molecular flexibility index (Phi) is 8.66. The molecule has 0 spiro atoms. The summed E-state index contributed by atoms with van der Waals surface area (Å²) in [6.07, 6.45) is -4.05. The molecule has 3 aromatic carbocycles. The molecule has 36 heavy (non-hydrogen) atoms. The van der Waals surface area contributed by atoms with E-state index in [1.807, 2.05) is 37.3 Å². The van der Waals surface area contributed by atoms with Crippen LogP contribution in [0.4, 0.5) is 18.9 Å². The third kappa shape index (κ3) is 7.33. The first-order valence-corrected chi connectivity index (χ1v) is 10.9. The number of benzene rings is 3. The largest absolute Gasteiger partial charge is 0.493 e. The number of anilines is 1. The molecule has 0 radical (unpaired) electrons. The first kappa shape index (κ1) is 26.3. The smallest absolute Gasteiger partial charge is 0.416 e. The van der Waals surface area contributed by atoms with Gasteiger partial charge in [0.25, 0.3) is 5.91 Å². The van der Waals surface area contributed by atoms with E-state index in [9.17, 15) is 27.9 Å². The lowest BCUT2D eigenvalue weighted by atomic mass is 10.1. The van der Waals surface area contributed by atoms with Gasteiger partial charge in [0.2, 0.25) is 0 Å². The van der Waals surface area contributed by atoms with Crippen molar-refractivity contribution < 1.29 is 37.4 Å². The van der Waals surface area contributed by atoms with Crippen molar-refractivity contribution in [1.82, 2.24) is 0 Å². The molecule has 0 heterocycles. The topological polar surface area (TPSA) is 97.2 Å². The van der Waals surface area contributed by atoms with Crippen LogP contribution in [0.2, 0.25) is 0 Å². The molecule has 1 amide bonds. The summed E-state index contributed by atoms with van der Waals surface area (Å²) in [4.78, 5) is 29.3. The average Bonchev–Trinajstić information content (AvgIpc) is 2.86. The number of amides is 1. The highest BCUT2D eigenvalue weighted by atomic mass is 19.4. The van der Waals surface area contributed by atoms with Crippen LogP contribution in [0.5, 0.6) is 5.75 Å². The lowest BCUT2D eigenvalue weighted by molar-refractivity contribution is -0.137. The van der Waals surface area contributed by atoms with Crippen LogP contribution in [0.3, 0.4) is 0 Å². The van der Waals surface area contributed by atoms with Crippen LogP contribution >= 0.6 is 0 Å². The second-order valence-electron chi connectivity index (χ2n) is 7.62. The molecule has 0 aliphatic heterocycles. The van der Waals surface area contributed by atoms with Gasteiger partial charge in [0.15, 0.2) is 0 Å². The predicted molar refractivity (Wildman–Crippen MR) is 128 cm³/mol. The van der Waals surface area contributed by atoms with E-state index >= 15 is 0 Å². The number of hydrogen-bond donors (Lipinski definition) is 2. The van der Waals surface area contributed by atoms with E-state index in [0.717, 1.165) is 35.5 Å². The number of carboxylic acid groups (broad SMARTS) is 1. The number of nitrogens with zero attached hydrogens (tertiary/aromatic N) is 1. The Labute approximate surface area is 205 Å². The van der Waals surface area contributed by atoms with Crippen LogP contribution in [-0.4, -0.2) is 35.9 Å². The van der Waals surface area contributed by atoms with Gasteiger partial charge in [-0.2, -0.15) is 13.2 Å². The summed E-state index contributed by atoms with van der Waals surface area (Å²) in [6.45, 7) is 2.35. The Morgan fingerprint density at radius 1 is 0.944 bits per heavy atom. The summed E-state index contributed by atoms with van der Waals surface area (Å²) in [5.74, 6) is -1.75. The zero-order valence-electron chi connectivity index (χ0n) is 19.2. The second-order valence-corrected chi connectivity index (χ2v) is 7.62. The molecule has 0 fully saturated rings. The van der Waals surface area contributed by atoms with E-state index in [-0.39, 0.29) is 30.0 Å². The van der Waals surface area contributed by atoms with Crippen LogP contribution in [0.15, 0.2) is 78.0 Å². The molecule has 0 unspecified atom stereocenters. The highest BCUT2D eigenvalue weighted by Crippen LogP contribution is 2.29. The van der Waals surface area contributed by atoms with Crippen LogP contribution in [0.1, 0.15) is 45.2 Å². The maximum Gasteiger partial charge on any atom is 0.416 e. The molecule has 10 heteroatoms. The summed E-state index contributed by atoms with van der Waals surface area (Å²) in [5.41, 5.74) is 0.466. The van der Waals surface area contributed by atoms with E-state index in [4.69, 9.17) is 9.57 Å². The molecule has 188 valence electrons. The van der Waals surface area contributed by atoms with Crippen molar-refractivity contribution in [2.75, 3.05) is 18.5 Å². The molecular weight excluding hydrogens is 477 g/mol. The van der Waals surface area contributed by atoms with E-state index < -0.39 is 23.6 Å². The minimum absolute atomic E-state index is 0.0516. The van der Waals surface area contributed by atoms with Crippen molar-refractivity contribution >= 4 is 23.3 Å². The molecule has 0 aliphatic rings. The number of ether oxygens (including phenoxy) is 1. The second kappa shape index (κ2) is 11.9. The fourth-order valence-electron chi connectivity index (χ4n) is 3.10. The monoisotopic (exact) mass is 500 g/mol. The van der Waals surface area contributed by atoms with Gasteiger partial charge in [-0.1, -0.05) is 35.5 Å². The highest BCUT2D eigenvalue weighted by Gasteiger charge is 2.30. The number of carbonyl (C=O) groups excluding carboxylic acids is 1. The SMILES string of the molecule is CC(=NOCCCOc1ccc(C(=O)O)c(NC(=O)c2ccc(C(F)(F)F)cc2)c1)c1ccccc1. The Morgan fingerprint density at radius 2 is 1.64 bits per heavy atom. The lowest BCUT2D eigenvalue weighted by Gasteiger charge is -2.12. The first-order valence-electron chi connectivity index (χ1n) is 10.9. The zero-order valence-corrected chi connectivity index (χ0v) is 19.2. The quantitative estimate of drug-likeness (QED) is 0.206. The summed E-state index contributed by atoms with van der Waals surface area (Å²) in [5, 5.41) is 15.9. The van der Waals surface area contributed by atoms with E-state index in [0.29, 0.717) is 12.2 Å². The van der Waals surface area contributed by atoms with E-state index in [2.05, 4.69) is 10.5 Å². The van der Waals surface area contributed by atoms with E-state index in [1.54, 1.807) is 0 Å². The number of rotatable bonds is 10. The van der Waals surface area contributed by atoms with Gasteiger partial charge in [0.1, 0.15) is 12.4 Å². The third-order valence-corrected chi connectivity index (χ3v) is 4.99. The number of hydrogen-bond acceptors (Lipinski definition) is 5. The summed E-state index contributed by atoms with van der Waals surface area (Å²) >= 11 is 0. The van der Waals surface area contributed by atoms with Gasteiger partial charge in [-0.3, -0.25) is 4.79 Å². The van der Waals surface area contributed by atoms with E-state index in [1.165, 1.54) is 18.2 Å². The van der Waals surface area contributed by atoms with Gasteiger partial charge in [-0.15, -0.1) is 0 Å². The van der Waals surface area contributed by atoms with Crippen molar-refractivity contribution in [1.29, 1.82) is 0 Å². The van der Waals surface area contributed by atoms with Crippen LogP contribution in [0, 0.1) is 0 Å². The average molecular weight is 500 g/mol. The standard InChI is InChI=1S/C26H23F3N2O5/c1-17(18-6-3-2-4-7-18)31-36-15-5-14-35-21-12-13-22(25(33)34)23(16-21)30-24(32)19-8-10-20(11-9-19)26(27,28)29/h2-4,6-13,16H,5,14-15H2,1H3,(H,30,32)(H,33,34). The fraction of sp³-hybridized carbons (Fsp3) is 0.192. The predicted octanol–water partition coefficient (Wildman–Crippen LogP) is 5.87. The first-order chi connectivity index (χ1) is 17.1. The number of carboxylic acids is 1. The Balaban J connectivity index is 1.57. The molecule has 3 rings (SSSR count). The van der Waals surface area contributed by atoms with Gasteiger partial charge in [0.05, 0.1) is 29.1 Å². The molecule has 0 saturated heterocycles. The number of carbonyl (C=O) groups is 2. The van der Waals surface area contributed by atoms with Crippen molar-refractivity contribution in [2.45, 2.75) is 19.5 Å². The Hall–Kier alpha value is -4.34. The Bertz CT molecular complexity index is 1230. The maximum atomic E-state index is 12.7. The van der Waals surface area contributed by atoms with Crippen LogP contribution in [-0.2, 0) is 11.0 Å². The normalized spacial score (nSPS) is 11.6. The molecule has 0 aliphatic carbocycles. The molecule has 0 bridgehead atoms. The van der Waals surface area contributed by atoms with Gasteiger partial charge in [-0.25, -0.2) is 4.79 Å². The highest BCUT2D eigenvalue weighted by molar-refractivity contribution is 6.08. The zero-order chi connectivity index (χ0) is 26.1. The number of aromatic carboxylic acids is 1. The molecular formula is C26H23F3N2O5. The van der Waals surface area contributed by atoms with Crippen molar-refractivity contribution in [3.05, 3.63) is 95.1 Å². The lowest BCUT2D eigenvalue weighted by Crippen LogP contribution is -2.15. The third-order valence-electron chi connectivity index (χ3n) is 4.99. The minimum atomic E-state index is -4.53. The van der Waals surface area contributed by atoms with Gasteiger partial charge in [0, 0.05) is 18.1 Å². The van der Waals surface area contributed by atoms with Crippen molar-refractivity contribution in [3.8, 4) is 5.75 Å². The van der Waals surface area contributed by atoms with Crippen molar-refractivity contribution in [3.63, 3.8) is 0 Å². The molecule has 0 aromatic heterocycles. The number of alkyl halides is 3. The number of oxime groups is 1. The molecule has 7 nitrogen and oxygen atoms in total. The molecule has 3 aromatic rings. The fourth-order valence-corrected chi connectivity index (χ4v) is 3.10. The van der Waals surface area contributed by atoms with Gasteiger partial charge >= 0.3 is 12.1 Å². The Morgan fingerprint density at radius 3 is 2.28 bits per heavy atom. The molecule has 2 N–H and O–H groups in total.